The lowest BCUT2D eigenvalue weighted by Gasteiger charge is -2.58. The largest absolute Gasteiger partial charge is 0.295 e. The van der Waals surface area contributed by atoms with E-state index in [2.05, 4.69) is 40.0 Å². The highest BCUT2D eigenvalue weighted by Gasteiger charge is 2.65. The molecule has 2 nitrogen and oxygen atoms in total. The highest BCUT2D eigenvalue weighted by atomic mass is 16.1. The molecule has 6 atom stereocenters. The maximum absolute atomic E-state index is 11.9. The topological polar surface area (TPSA) is 40.9 Å². The van der Waals surface area contributed by atoms with Gasteiger partial charge in [-0.1, -0.05) is 32.6 Å². The lowest BCUT2D eigenvalue weighted by Crippen LogP contribution is -2.52. The molecule has 0 radical (unpaired) electrons. The number of nitriles is 1. The highest BCUT2D eigenvalue weighted by molar-refractivity contribution is 5.91. The maximum atomic E-state index is 11.9. The van der Waals surface area contributed by atoms with Crippen LogP contribution in [0.3, 0.4) is 0 Å². The summed E-state index contributed by atoms with van der Waals surface area (Å²) in [6, 6.07) is 2.61. The molecule has 4 rings (SSSR count). The first-order valence-electron chi connectivity index (χ1n) is 9.73. The Labute approximate surface area is 151 Å². The van der Waals surface area contributed by atoms with E-state index in [1.54, 1.807) is 0 Å². The zero-order valence-corrected chi connectivity index (χ0v) is 15.8. The van der Waals surface area contributed by atoms with Crippen molar-refractivity contribution >= 4 is 5.78 Å². The van der Waals surface area contributed by atoms with Crippen LogP contribution in [-0.2, 0) is 4.79 Å². The Morgan fingerprint density at radius 1 is 1.16 bits per heavy atom. The van der Waals surface area contributed by atoms with Crippen molar-refractivity contribution in [1.82, 2.24) is 0 Å². The van der Waals surface area contributed by atoms with Crippen LogP contribution in [0, 0.1) is 45.3 Å². The first-order chi connectivity index (χ1) is 11.7. The lowest BCUT2D eigenvalue weighted by molar-refractivity contribution is -0.117. The normalized spacial score (nSPS) is 49.0. The van der Waals surface area contributed by atoms with Crippen molar-refractivity contribution in [2.75, 3.05) is 0 Å². The SMILES string of the molecule is C=C1C(=C)C(C)(C#N)[C@@]2(C)CC[C@@H]3[C@@H](CCC4=CC(=O)CC[C@@]43C)[C@H]12. The Hall–Kier alpha value is -1.62. The molecule has 4 aliphatic rings. The minimum atomic E-state index is -0.501. The van der Waals surface area contributed by atoms with E-state index < -0.39 is 5.41 Å². The van der Waals surface area contributed by atoms with E-state index in [4.69, 9.17) is 0 Å². The third-order valence-corrected chi connectivity index (χ3v) is 8.86. The summed E-state index contributed by atoms with van der Waals surface area (Å²) in [5.74, 6) is 1.83. The van der Waals surface area contributed by atoms with Gasteiger partial charge in [0.05, 0.1) is 11.5 Å². The molecule has 0 N–H and O–H groups in total. The van der Waals surface area contributed by atoms with Crippen molar-refractivity contribution < 1.29 is 4.79 Å². The van der Waals surface area contributed by atoms with Crippen molar-refractivity contribution in [3.8, 4) is 6.07 Å². The first-order valence-corrected chi connectivity index (χ1v) is 9.73. The van der Waals surface area contributed by atoms with Gasteiger partial charge >= 0.3 is 0 Å². The van der Waals surface area contributed by atoms with Crippen LogP contribution in [-0.4, -0.2) is 5.78 Å². The summed E-state index contributed by atoms with van der Waals surface area (Å²) >= 11 is 0. The molecule has 0 bridgehead atoms. The van der Waals surface area contributed by atoms with Gasteiger partial charge in [0.1, 0.15) is 0 Å². The van der Waals surface area contributed by atoms with Gasteiger partial charge in [-0.25, -0.2) is 0 Å². The summed E-state index contributed by atoms with van der Waals surface area (Å²) in [5.41, 5.74) is 3.08. The third-order valence-electron chi connectivity index (χ3n) is 8.86. The summed E-state index contributed by atoms with van der Waals surface area (Å²) in [7, 11) is 0. The van der Waals surface area contributed by atoms with Crippen LogP contribution in [0.2, 0.25) is 0 Å². The summed E-state index contributed by atoms with van der Waals surface area (Å²) in [4.78, 5) is 11.9. The number of fused-ring (bicyclic) bond motifs is 5. The van der Waals surface area contributed by atoms with Crippen LogP contribution < -0.4 is 0 Å². The second kappa shape index (κ2) is 4.97. The number of ketones is 1. The quantitative estimate of drug-likeness (QED) is 0.596. The fraction of sp³-hybridized carbons (Fsp3) is 0.652. The van der Waals surface area contributed by atoms with E-state index in [1.165, 1.54) is 5.57 Å². The number of allylic oxidation sites excluding steroid dienone is 3. The molecule has 25 heavy (non-hydrogen) atoms. The molecular formula is C23H29NO. The molecule has 3 saturated carbocycles. The van der Waals surface area contributed by atoms with Gasteiger partial charge in [0, 0.05) is 6.42 Å². The number of rotatable bonds is 0. The second-order valence-corrected chi connectivity index (χ2v) is 9.54. The fourth-order valence-corrected chi connectivity index (χ4v) is 7.02. The Morgan fingerprint density at radius 3 is 2.56 bits per heavy atom. The van der Waals surface area contributed by atoms with Crippen molar-refractivity contribution in [1.29, 1.82) is 5.26 Å². The second-order valence-electron chi connectivity index (χ2n) is 9.54. The smallest absolute Gasteiger partial charge is 0.155 e. The van der Waals surface area contributed by atoms with Crippen molar-refractivity contribution in [3.05, 3.63) is 36.0 Å². The van der Waals surface area contributed by atoms with Crippen molar-refractivity contribution in [2.24, 2.45) is 34.0 Å². The van der Waals surface area contributed by atoms with E-state index in [9.17, 15) is 10.1 Å². The minimum Gasteiger partial charge on any atom is -0.295 e. The average Bonchev–Trinajstić information content (AvgIpc) is 2.74. The van der Waals surface area contributed by atoms with E-state index in [1.807, 2.05) is 6.08 Å². The highest BCUT2D eigenvalue weighted by Crippen LogP contribution is 2.71. The Bertz CT molecular complexity index is 767. The molecule has 4 aliphatic carbocycles. The lowest BCUT2D eigenvalue weighted by atomic mass is 9.45. The van der Waals surface area contributed by atoms with Crippen molar-refractivity contribution in [3.63, 3.8) is 0 Å². The predicted octanol–water partition coefficient (Wildman–Crippen LogP) is 5.38. The number of carbonyl (C=O) groups excluding carboxylic acids is 1. The van der Waals surface area contributed by atoms with Gasteiger partial charge in [-0.05, 0) is 84.8 Å². The Balaban J connectivity index is 1.79. The van der Waals surface area contributed by atoms with Crippen LogP contribution in [0.15, 0.2) is 36.0 Å². The predicted molar refractivity (Wildman–Crippen MR) is 99.5 cm³/mol. The van der Waals surface area contributed by atoms with Gasteiger partial charge in [0.25, 0.3) is 0 Å². The van der Waals surface area contributed by atoms with Gasteiger partial charge < -0.3 is 0 Å². The van der Waals surface area contributed by atoms with Crippen LogP contribution in [0.25, 0.3) is 0 Å². The van der Waals surface area contributed by atoms with Gasteiger partial charge in [-0.3, -0.25) is 4.79 Å². The van der Waals surface area contributed by atoms with Crippen LogP contribution >= 0.6 is 0 Å². The summed E-state index contributed by atoms with van der Waals surface area (Å²) in [5, 5.41) is 9.98. The molecule has 1 unspecified atom stereocenters. The standard InChI is InChI=1S/C23H29NO/c1-14-15(2)23(5,13-24)22(4)11-9-19-18(20(14)22)7-6-16-12-17(25)8-10-21(16,19)3/h12,18-20H,1-2,6-11H2,3-5H3/t18-,19-,20+,21+,22+,23?/m1/s1. The molecule has 0 aromatic heterocycles. The van der Waals surface area contributed by atoms with E-state index in [0.717, 1.165) is 43.3 Å². The van der Waals surface area contributed by atoms with Crippen LogP contribution in [0.5, 0.6) is 0 Å². The summed E-state index contributed by atoms with van der Waals surface area (Å²) in [6.45, 7) is 15.5. The Kier molecular flexibility index (Phi) is 3.34. The zero-order valence-electron chi connectivity index (χ0n) is 15.8. The minimum absolute atomic E-state index is 0.0564. The summed E-state index contributed by atoms with van der Waals surface area (Å²) in [6.07, 6.45) is 7.98. The summed E-state index contributed by atoms with van der Waals surface area (Å²) < 4.78 is 0. The van der Waals surface area contributed by atoms with Crippen molar-refractivity contribution in [2.45, 2.75) is 59.3 Å². The monoisotopic (exact) mass is 335 g/mol. The first kappa shape index (κ1) is 16.8. The van der Waals surface area contributed by atoms with E-state index in [0.29, 0.717) is 30.0 Å². The third kappa shape index (κ3) is 1.82. The molecule has 0 saturated heterocycles. The Morgan fingerprint density at radius 2 is 1.88 bits per heavy atom. The van der Waals surface area contributed by atoms with Gasteiger partial charge in [-0.2, -0.15) is 5.26 Å². The maximum Gasteiger partial charge on any atom is 0.155 e. The zero-order chi connectivity index (χ0) is 18.2. The molecule has 0 aromatic rings. The average molecular weight is 335 g/mol. The molecule has 0 heterocycles. The number of nitrogens with zero attached hydrogens (tertiary/aromatic N) is 1. The van der Waals surface area contributed by atoms with Gasteiger partial charge in [0.2, 0.25) is 0 Å². The molecular weight excluding hydrogens is 306 g/mol. The molecule has 132 valence electrons. The van der Waals surface area contributed by atoms with E-state index >= 15 is 0 Å². The van der Waals surface area contributed by atoms with E-state index in [-0.39, 0.29) is 10.8 Å². The number of hydrogen-bond donors (Lipinski definition) is 0. The molecule has 0 amide bonds. The molecule has 3 fully saturated rings. The van der Waals surface area contributed by atoms with Crippen LogP contribution in [0.4, 0.5) is 0 Å². The molecule has 0 spiro atoms. The number of carbonyl (C=O) groups is 1. The van der Waals surface area contributed by atoms with Crippen LogP contribution in [0.1, 0.15) is 59.3 Å². The van der Waals surface area contributed by atoms with Gasteiger partial charge in [0.15, 0.2) is 5.78 Å². The molecule has 2 heteroatoms. The molecule has 0 aliphatic heterocycles. The fourth-order valence-electron chi connectivity index (χ4n) is 7.02. The molecule has 0 aromatic carbocycles. The van der Waals surface area contributed by atoms with Gasteiger partial charge in [-0.15, -0.1) is 0 Å². The number of hydrogen-bond acceptors (Lipinski definition) is 2.